The molecule has 0 aromatic carbocycles. The van der Waals surface area contributed by atoms with E-state index in [4.69, 9.17) is 9.05 Å². The number of aromatic nitrogens is 2. The molecule has 190 valence electrons. The number of hydrogen-bond acceptors (Lipinski definition) is 13. The van der Waals surface area contributed by atoms with Crippen molar-refractivity contribution in [2.75, 3.05) is 39.0 Å². The lowest BCUT2D eigenvalue weighted by atomic mass is 10.1. The van der Waals surface area contributed by atoms with Crippen molar-refractivity contribution in [2.45, 2.75) is 19.4 Å². The van der Waals surface area contributed by atoms with Gasteiger partial charge >= 0.3 is 0 Å². The molecule has 4 rings (SSSR count). The predicted molar refractivity (Wildman–Crippen MR) is 120 cm³/mol. The van der Waals surface area contributed by atoms with Gasteiger partial charge in [0.15, 0.2) is 23.6 Å². The van der Waals surface area contributed by atoms with E-state index in [1.807, 2.05) is 0 Å². The minimum Gasteiger partial charge on any atom is -0.359 e. The number of rotatable bonds is 5. The SMILES string of the molecule is Cc1cc(NN=C2C(=O)N(C)C(c3cc(NN=C4C(=O)N(C)C(O)N(C)C4=O)no3)N(C)C2=O)no1. The fourth-order valence-corrected chi connectivity index (χ4v) is 3.48. The van der Waals surface area contributed by atoms with E-state index >= 15 is 0 Å². The van der Waals surface area contributed by atoms with Gasteiger partial charge in [0, 0.05) is 40.3 Å². The summed E-state index contributed by atoms with van der Waals surface area (Å²) in [6.07, 6.45) is -2.39. The summed E-state index contributed by atoms with van der Waals surface area (Å²) in [4.78, 5) is 54.6. The second-order valence-electron chi connectivity index (χ2n) is 7.97. The molecule has 2 aliphatic rings. The Kier molecular flexibility index (Phi) is 6.15. The molecule has 0 bridgehead atoms. The van der Waals surface area contributed by atoms with Crippen LogP contribution in [0.25, 0.3) is 0 Å². The van der Waals surface area contributed by atoms with Crippen LogP contribution in [0, 0.1) is 6.92 Å². The van der Waals surface area contributed by atoms with Gasteiger partial charge in [-0.3, -0.25) is 39.8 Å². The Morgan fingerprint density at radius 1 is 0.778 bits per heavy atom. The van der Waals surface area contributed by atoms with E-state index in [-0.39, 0.29) is 23.1 Å². The van der Waals surface area contributed by atoms with Crippen molar-refractivity contribution in [3.8, 4) is 0 Å². The topological polar surface area (TPSA) is 202 Å². The molecule has 17 heteroatoms. The fourth-order valence-electron chi connectivity index (χ4n) is 3.48. The molecule has 0 aliphatic carbocycles. The number of amides is 4. The molecule has 0 saturated carbocycles. The lowest BCUT2D eigenvalue weighted by Crippen LogP contribution is -2.60. The first-order chi connectivity index (χ1) is 17.0. The summed E-state index contributed by atoms with van der Waals surface area (Å²) < 4.78 is 10.2. The number of hydrazone groups is 2. The molecule has 2 saturated heterocycles. The maximum atomic E-state index is 12.9. The van der Waals surface area contributed by atoms with Crippen molar-refractivity contribution in [3.63, 3.8) is 0 Å². The minimum absolute atomic E-state index is 0.00115. The van der Waals surface area contributed by atoms with Crippen LogP contribution in [-0.4, -0.2) is 105 Å². The van der Waals surface area contributed by atoms with E-state index < -0.39 is 41.9 Å². The van der Waals surface area contributed by atoms with Crippen LogP contribution in [0.15, 0.2) is 31.4 Å². The number of anilines is 2. The monoisotopic (exact) mass is 502 g/mol. The highest BCUT2D eigenvalue weighted by atomic mass is 16.5. The molecule has 17 nitrogen and oxygen atoms in total. The first kappa shape index (κ1) is 24.3. The average molecular weight is 502 g/mol. The van der Waals surface area contributed by atoms with Gasteiger partial charge in [-0.2, -0.15) is 10.2 Å². The Labute approximate surface area is 202 Å². The highest BCUT2D eigenvalue weighted by Gasteiger charge is 2.43. The number of hydrogen-bond donors (Lipinski definition) is 3. The van der Waals surface area contributed by atoms with Crippen LogP contribution in [0.5, 0.6) is 0 Å². The quantitative estimate of drug-likeness (QED) is 0.395. The number of aryl methyl sites for hydroxylation is 1. The van der Waals surface area contributed by atoms with E-state index in [0.29, 0.717) is 5.76 Å². The van der Waals surface area contributed by atoms with Gasteiger partial charge in [-0.05, 0) is 6.92 Å². The largest absolute Gasteiger partial charge is 0.359 e. The molecule has 2 aromatic rings. The number of nitrogens with one attached hydrogen (secondary N) is 2. The van der Waals surface area contributed by atoms with Gasteiger partial charge in [0.1, 0.15) is 5.76 Å². The van der Waals surface area contributed by atoms with Crippen molar-refractivity contribution >= 4 is 46.7 Å². The lowest BCUT2D eigenvalue weighted by molar-refractivity contribution is -0.161. The molecular formula is C19H22N10O7. The molecule has 0 atom stereocenters. The summed E-state index contributed by atoms with van der Waals surface area (Å²) in [7, 11) is 5.50. The predicted octanol–water partition coefficient (Wildman–Crippen LogP) is -1.66. The van der Waals surface area contributed by atoms with Crippen molar-refractivity contribution in [3.05, 3.63) is 23.7 Å². The normalized spacial score (nSPS) is 20.9. The van der Waals surface area contributed by atoms with Crippen LogP contribution < -0.4 is 10.9 Å². The van der Waals surface area contributed by atoms with Crippen molar-refractivity contribution in [1.82, 2.24) is 29.9 Å². The molecule has 0 spiro atoms. The van der Waals surface area contributed by atoms with E-state index in [9.17, 15) is 24.3 Å². The maximum absolute atomic E-state index is 12.9. The van der Waals surface area contributed by atoms with E-state index in [1.165, 1.54) is 50.1 Å². The van der Waals surface area contributed by atoms with Crippen molar-refractivity contribution < 1.29 is 33.3 Å². The zero-order valence-electron chi connectivity index (χ0n) is 19.8. The van der Waals surface area contributed by atoms with Crippen LogP contribution in [0.1, 0.15) is 17.7 Å². The molecule has 2 fully saturated rings. The van der Waals surface area contributed by atoms with E-state index in [2.05, 4.69) is 31.4 Å². The third kappa shape index (κ3) is 4.11. The Morgan fingerprint density at radius 2 is 1.22 bits per heavy atom. The summed E-state index contributed by atoms with van der Waals surface area (Å²) >= 11 is 0. The average Bonchev–Trinajstić information content (AvgIpc) is 3.49. The molecule has 4 amide bonds. The highest BCUT2D eigenvalue weighted by molar-refractivity contribution is 6.66. The zero-order chi connectivity index (χ0) is 26.3. The number of aliphatic hydroxyl groups is 1. The number of carbonyl (C=O) groups excluding carboxylic acids is 4. The summed E-state index contributed by atoms with van der Waals surface area (Å²) in [5.74, 6) is -2.15. The van der Waals surface area contributed by atoms with Gasteiger partial charge < -0.3 is 24.0 Å². The minimum atomic E-state index is -1.42. The van der Waals surface area contributed by atoms with Gasteiger partial charge in [0.25, 0.3) is 23.6 Å². The molecule has 36 heavy (non-hydrogen) atoms. The second kappa shape index (κ2) is 9.10. The first-order valence-corrected chi connectivity index (χ1v) is 10.3. The van der Waals surface area contributed by atoms with Crippen molar-refractivity contribution in [1.29, 1.82) is 0 Å². The van der Waals surface area contributed by atoms with Crippen LogP contribution in [0.4, 0.5) is 11.6 Å². The molecule has 2 aromatic heterocycles. The summed E-state index contributed by atoms with van der Waals surface area (Å²) in [5, 5.41) is 25.0. The fraction of sp³-hybridized carbons (Fsp3) is 0.368. The van der Waals surface area contributed by atoms with Crippen molar-refractivity contribution in [2.24, 2.45) is 10.2 Å². The Hall–Kier alpha value is -4.80. The van der Waals surface area contributed by atoms with Crippen LogP contribution in [0.2, 0.25) is 0 Å². The van der Waals surface area contributed by atoms with Crippen LogP contribution in [0.3, 0.4) is 0 Å². The van der Waals surface area contributed by atoms with Gasteiger partial charge in [-0.25, -0.2) is 0 Å². The molecule has 4 heterocycles. The number of nitrogens with zero attached hydrogens (tertiary/aromatic N) is 8. The third-order valence-corrected chi connectivity index (χ3v) is 5.49. The zero-order valence-corrected chi connectivity index (χ0v) is 19.8. The Bertz CT molecular complexity index is 1250. The summed E-state index contributed by atoms with van der Waals surface area (Å²) in [6.45, 7) is 1.67. The molecule has 3 N–H and O–H groups in total. The third-order valence-electron chi connectivity index (χ3n) is 5.49. The van der Waals surface area contributed by atoms with Gasteiger partial charge in [0.05, 0.1) is 0 Å². The number of aliphatic hydroxyl groups excluding tert-OH is 1. The Balaban J connectivity index is 1.51. The van der Waals surface area contributed by atoms with E-state index in [0.717, 1.165) is 9.80 Å². The smallest absolute Gasteiger partial charge is 0.283 e. The standard InChI is InChI=1S/C19H22N10O7/c1-8-6-10(24-35-8)20-22-12-15(30)26(2)14(27(3)16(12)31)9-7-11(25-36-9)21-23-13-17(32)28(4)19(34)29(5)18(13)33/h6-7,14,19,34H,1-5H3,(H,20,24)(H,21,25). The highest BCUT2D eigenvalue weighted by Crippen LogP contribution is 2.29. The lowest BCUT2D eigenvalue weighted by Gasteiger charge is -2.37. The van der Waals surface area contributed by atoms with E-state index in [1.54, 1.807) is 6.92 Å². The molecule has 0 radical (unpaired) electrons. The number of carbonyl (C=O) groups is 4. The van der Waals surface area contributed by atoms with Gasteiger partial charge in [-0.1, -0.05) is 10.3 Å². The molecule has 2 aliphatic heterocycles. The summed E-state index contributed by atoms with van der Waals surface area (Å²) in [5.41, 5.74) is 4.08. The first-order valence-electron chi connectivity index (χ1n) is 10.3. The van der Waals surface area contributed by atoms with Crippen LogP contribution in [-0.2, 0) is 19.2 Å². The van der Waals surface area contributed by atoms with Crippen LogP contribution >= 0.6 is 0 Å². The Morgan fingerprint density at radius 3 is 1.69 bits per heavy atom. The van der Waals surface area contributed by atoms with Gasteiger partial charge in [0.2, 0.25) is 17.8 Å². The molecule has 0 unspecified atom stereocenters. The second-order valence-corrected chi connectivity index (χ2v) is 7.97. The van der Waals surface area contributed by atoms with Gasteiger partial charge in [-0.15, -0.1) is 0 Å². The summed E-state index contributed by atoms with van der Waals surface area (Å²) in [6, 6.07) is 2.89. The maximum Gasteiger partial charge on any atom is 0.283 e. The molecular weight excluding hydrogens is 480 g/mol.